The summed E-state index contributed by atoms with van der Waals surface area (Å²) in [6.45, 7) is -0.328. The number of aliphatic carboxylic acids is 1. The average molecular weight is 430 g/mol. The first kappa shape index (κ1) is 19.3. The van der Waals surface area contributed by atoms with Gasteiger partial charge in [0.05, 0.1) is 31.9 Å². The quantitative estimate of drug-likeness (QED) is 0.631. The maximum absolute atomic E-state index is 12.7. The SMILES string of the molecule is O=C(O)CC1OCCc2c1[nH]c1c(CCCF)cc(CCCF)c(Br)c21. The van der Waals surface area contributed by atoms with Crippen LogP contribution in [0.1, 0.15) is 47.8 Å². The Kier molecular flexibility index (Phi) is 6.29. The van der Waals surface area contributed by atoms with Crippen LogP contribution in [0.15, 0.2) is 10.5 Å². The van der Waals surface area contributed by atoms with Crippen LogP contribution >= 0.6 is 15.9 Å². The van der Waals surface area contributed by atoms with Gasteiger partial charge in [-0.05, 0) is 64.7 Å². The Balaban J connectivity index is 2.15. The zero-order valence-corrected chi connectivity index (χ0v) is 16.0. The summed E-state index contributed by atoms with van der Waals surface area (Å²) in [5.74, 6) is -0.915. The summed E-state index contributed by atoms with van der Waals surface area (Å²) in [6, 6.07) is 2.01. The van der Waals surface area contributed by atoms with Crippen molar-refractivity contribution in [2.75, 3.05) is 20.0 Å². The minimum atomic E-state index is -0.915. The number of hydrogen-bond donors (Lipinski definition) is 2. The van der Waals surface area contributed by atoms with E-state index in [0.29, 0.717) is 38.7 Å². The first-order chi connectivity index (χ1) is 12.6. The minimum absolute atomic E-state index is 0.105. The van der Waals surface area contributed by atoms with Gasteiger partial charge in [0.1, 0.15) is 6.10 Å². The van der Waals surface area contributed by atoms with E-state index >= 15 is 0 Å². The molecule has 3 rings (SSSR count). The standard InChI is InChI=1S/C19H22BrF2NO3/c20-17-11(3-1-6-21)9-12(4-2-7-22)18-16(17)13-5-8-26-14(10-15(24)25)19(13)23-18/h9,14,23H,1-8,10H2,(H,24,25). The Labute approximate surface area is 159 Å². The van der Waals surface area contributed by atoms with Crippen LogP contribution in [-0.4, -0.2) is 36.0 Å². The highest BCUT2D eigenvalue weighted by Crippen LogP contribution is 2.41. The van der Waals surface area contributed by atoms with Crippen LogP contribution in [0.25, 0.3) is 10.9 Å². The number of hydrogen-bond acceptors (Lipinski definition) is 2. The van der Waals surface area contributed by atoms with Crippen LogP contribution in [-0.2, 0) is 28.8 Å². The lowest BCUT2D eigenvalue weighted by Crippen LogP contribution is -2.18. The van der Waals surface area contributed by atoms with Crippen molar-refractivity contribution in [3.05, 3.63) is 32.9 Å². The van der Waals surface area contributed by atoms with Gasteiger partial charge in [0, 0.05) is 15.6 Å². The molecule has 1 aromatic heterocycles. The van der Waals surface area contributed by atoms with Crippen molar-refractivity contribution in [1.29, 1.82) is 0 Å². The van der Waals surface area contributed by atoms with Crippen LogP contribution in [0.5, 0.6) is 0 Å². The van der Waals surface area contributed by atoms with Gasteiger partial charge in [-0.3, -0.25) is 13.6 Å². The van der Waals surface area contributed by atoms with Gasteiger partial charge in [-0.25, -0.2) is 0 Å². The lowest BCUT2D eigenvalue weighted by atomic mass is 9.96. The predicted octanol–water partition coefficient (Wildman–Crippen LogP) is 4.82. The maximum Gasteiger partial charge on any atom is 0.306 e. The second kappa shape index (κ2) is 8.48. The number of alkyl halides is 2. The number of rotatable bonds is 8. The number of fused-ring (bicyclic) bond motifs is 3. The second-order valence-electron chi connectivity index (χ2n) is 6.57. The second-order valence-corrected chi connectivity index (χ2v) is 7.36. The van der Waals surface area contributed by atoms with E-state index in [4.69, 9.17) is 9.84 Å². The molecule has 1 aliphatic rings. The number of carboxylic acid groups (broad SMARTS) is 1. The number of aryl methyl sites for hydroxylation is 2. The summed E-state index contributed by atoms with van der Waals surface area (Å²) < 4.78 is 32.0. The molecule has 142 valence electrons. The number of aromatic amines is 1. The maximum atomic E-state index is 12.7. The molecule has 0 spiro atoms. The summed E-state index contributed by atoms with van der Waals surface area (Å²) in [5, 5.41) is 10.2. The van der Waals surface area contributed by atoms with Crippen LogP contribution in [0.3, 0.4) is 0 Å². The largest absolute Gasteiger partial charge is 0.481 e. The summed E-state index contributed by atoms with van der Waals surface area (Å²) in [4.78, 5) is 14.5. The summed E-state index contributed by atoms with van der Waals surface area (Å²) in [7, 11) is 0. The van der Waals surface area contributed by atoms with Gasteiger partial charge in [0.25, 0.3) is 0 Å². The minimum Gasteiger partial charge on any atom is -0.481 e. The Morgan fingerprint density at radius 3 is 2.62 bits per heavy atom. The third-order valence-corrected chi connectivity index (χ3v) is 5.73. The number of halogens is 3. The zero-order chi connectivity index (χ0) is 18.7. The predicted molar refractivity (Wildman–Crippen MR) is 99.2 cm³/mol. The topological polar surface area (TPSA) is 62.3 Å². The van der Waals surface area contributed by atoms with Crippen molar-refractivity contribution in [3.63, 3.8) is 0 Å². The molecular weight excluding hydrogens is 408 g/mol. The molecule has 0 bridgehead atoms. The van der Waals surface area contributed by atoms with Gasteiger partial charge >= 0.3 is 5.97 Å². The first-order valence-corrected chi connectivity index (χ1v) is 9.66. The fraction of sp³-hybridized carbons (Fsp3) is 0.526. The van der Waals surface area contributed by atoms with Gasteiger partial charge in [0.15, 0.2) is 0 Å². The molecule has 7 heteroatoms. The van der Waals surface area contributed by atoms with Crippen molar-refractivity contribution in [1.82, 2.24) is 4.98 Å². The van der Waals surface area contributed by atoms with E-state index in [9.17, 15) is 13.6 Å². The molecule has 2 N–H and O–H groups in total. The number of aromatic nitrogens is 1. The molecule has 0 saturated carbocycles. The number of nitrogens with one attached hydrogen (secondary N) is 1. The van der Waals surface area contributed by atoms with Crippen molar-refractivity contribution in [3.8, 4) is 0 Å². The molecule has 0 aliphatic carbocycles. The molecule has 0 radical (unpaired) electrons. The number of carboxylic acids is 1. The van der Waals surface area contributed by atoms with Crippen molar-refractivity contribution in [2.45, 2.75) is 44.6 Å². The van der Waals surface area contributed by atoms with Gasteiger partial charge in [-0.15, -0.1) is 0 Å². The summed E-state index contributed by atoms with van der Waals surface area (Å²) >= 11 is 3.67. The molecular formula is C19H22BrF2NO3. The Hall–Kier alpha value is -1.47. The summed E-state index contributed by atoms with van der Waals surface area (Å²) in [5.41, 5.74) is 4.73. The zero-order valence-electron chi connectivity index (χ0n) is 14.4. The molecule has 1 unspecified atom stereocenters. The van der Waals surface area contributed by atoms with Gasteiger partial charge in [-0.1, -0.05) is 6.07 Å². The highest BCUT2D eigenvalue weighted by molar-refractivity contribution is 9.10. The lowest BCUT2D eigenvalue weighted by molar-refractivity contribution is -0.140. The van der Waals surface area contributed by atoms with Crippen molar-refractivity contribution >= 4 is 32.8 Å². The van der Waals surface area contributed by atoms with Crippen molar-refractivity contribution < 1.29 is 23.4 Å². The fourth-order valence-corrected chi connectivity index (χ4v) is 4.43. The molecule has 0 amide bonds. The third-order valence-electron chi connectivity index (χ3n) is 4.82. The molecule has 26 heavy (non-hydrogen) atoms. The number of benzene rings is 1. The highest BCUT2D eigenvalue weighted by atomic mass is 79.9. The fourth-order valence-electron chi connectivity index (χ4n) is 3.68. The lowest BCUT2D eigenvalue weighted by Gasteiger charge is -2.22. The van der Waals surface area contributed by atoms with Gasteiger partial charge in [0.2, 0.25) is 0 Å². The van der Waals surface area contributed by atoms with Crippen LogP contribution < -0.4 is 0 Å². The smallest absolute Gasteiger partial charge is 0.306 e. The van der Waals surface area contributed by atoms with Crippen LogP contribution in [0.4, 0.5) is 8.78 Å². The molecule has 2 heterocycles. The van der Waals surface area contributed by atoms with E-state index in [2.05, 4.69) is 20.9 Å². The van der Waals surface area contributed by atoms with E-state index in [-0.39, 0.29) is 13.1 Å². The van der Waals surface area contributed by atoms with Gasteiger partial charge < -0.3 is 14.8 Å². The Morgan fingerprint density at radius 1 is 1.27 bits per heavy atom. The first-order valence-electron chi connectivity index (χ1n) is 8.86. The monoisotopic (exact) mass is 429 g/mol. The molecule has 4 nitrogen and oxygen atoms in total. The summed E-state index contributed by atoms with van der Waals surface area (Å²) in [6.07, 6.45) is 2.09. The highest BCUT2D eigenvalue weighted by Gasteiger charge is 2.29. The normalized spacial score (nSPS) is 16.8. The van der Waals surface area contributed by atoms with Gasteiger partial charge in [-0.2, -0.15) is 0 Å². The van der Waals surface area contributed by atoms with E-state index < -0.39 is 18.7 Å². The van der Waals surface area contributed by atoms with E-state index in [1.54, 1.807) is 0 Å². The molecule has 1 atom stereocenters. The van der Waals surface area contributed by atoms with E-state index in [1.165, 1.54) is 0 Å². The Bertz CT molecular complexity index is 806. The third kappa shape index (κ3) is 3.78. The van der Waals surface area contributed by atoms with Crippen LogP contribution in [0.2, 0.25) is 0 Å². The van der Waals surface area contributed by atoms with Crippen LogP contribution in [0, 0.1) is 0 Å². The number of carbonyl (C=O) groups is 1. The molecule has 1 aliphatic heterocycles. The number of H-pyrrole nitrogens is 1. The average Bonchev–Trinajstić information content (AvgIpc) is 3.01. The molecule has 1 aromatic carbocycles. The number of ether oxygens (including phenoxy) is 1. The van der Waals surface area contributed by atoms with E-state index in [1.807, 2.05) is 6.07 Å². The Morgan fingerprint density at radius 2 is 1.96 bits per heavy atom. The molecule has 0 fully saturated rings. The van der Waals surface area contributed by atoms with E-state index in [0.717, 1.165) is 37.8 Å². The molecule has 2 aromatic rings. The van der Waals surface area contributed by atoms with Crippen molar-refractivity contribution in [2.24, 2.45) is 0 Å². The molecule has 0 saturated heterocycles.